The third-order valence-electron chi connectivity index (χ3n) is 10.2. The lowest BCUT2D eigenvalue weighted by Crippen LogP contribution is -2.65. The van der Waals surface area contributed by atoms with Gasteiger partial charge in [-0.2, -0.15) is 0 Å². The van der Waals surface area contributed by atoms with Crippen LogP contribution in [-0.4, -0.2) is 78.7 Å². The van der Waals surface area contributed by atoms with Crippen molar-refractivity contribution in [3.63, 3.8) is 0 Å². The van der Waals surface area contributed by atoms with Crippen LogP contribution in [0.4, 0.5) is 0 Å². The third-order valence-corrected chi connectivity index (χ3v) is 10.2. The first kappa shape index (κ1) is 25.8. The maximum atomic E-state index is 12.6. The summed E-state index contributed by atoms with van der Waals surface area (Å²) in [5.74, 6) is -3.37. The Labute approximate surface area is 200 Å². The molecule has 4 aliphatic rings. The van der Waals surface area contributed by atoms with Gasteiger partial charge in [0.25, 0.3) is 0 Å². The van der Waals surface area contributed by atoms with Crippen LogP contribution in [0, 0.1) is 28.6 Å². The molecule has 11 atom stereocenters. The number of fused-ring (bicyclic) bond motifs is 2. The standard InChI is InChI=1S/C25H40O9/c1-7-17(28)34-20-18(29)24-11-22(5,30)13(19(24)33-12(2)26)8-9-14(24)23(6,31)15-10-16(27)21(3,4)25(15,20)32/h13-16,18-20,27,29-32H,7-11H2,1-6H3. The Balaban J connectivity index is 2.00. The van der Waals surface area contributed by atoms with E-state index in [-0.39, 0.29) is 19.3 Å². The Bertz CT molecular complexity index is 866. The van der Waals surface area contributed by atoms with Crippen LogP contribution >= 0.6 is 0 Å². The lowest BCUT2D eigenvalue weighted by Gasteiger charge is -2.53. The second kappa shape index (κ2) is 7.62. The highest BCUT2D eigenvalue weighted by molar-refractivity contribution is 5.69. The molecule has 5 N–H and O–H groups in total. The SMILES string of the molecule is CCC(=O)OC1C(O)C23CC(C)(O)C(CCC2C(C)(O)C2CC(O)C(C)(C)C12O)C3OC(C)=O. The summed E-state index contributed by atoms with van der Waals surface area (Å²) in [6, 6.07) is 0. The van der Waals surface area contributed by atoms with Crippen molar-refractivity contribution in [1.82, 2.24) is 0 Å². The van der Waals surface area contributed by atoms with Gasteiger partial charge < -0.3 is 35.0 Å². The zero-order valence-electron chi connectivity index (χ0n) is 20.9. The molecule has 194 valence electrons. The fourth-order valence-electron chi connectivity index (χ4n) is 8.44. The van der Waals surface area contributed by atoms with Gasteiger partial charge in [-0.1, -0.05) is 20.8 Å². The summed E-state index contributed by atoms with van der Waals surface area (Å²) in [5, 5.41) is 58.9. The van der Waals surface area contributed by atoms with Gasteiger partial charge in [-0.3, -0.25) is 9.59 Å². The van der Waals surface area contributed by atoms with Crippen molar-refractivity contribution in [3.8, 4) is 0 Å². The molecule has 9 nitrogen and oxygen atoms in total. The van der Waals surface area contributed by atoms with E-state index in [1.807, 2.05) is 0 Å². The van der Waals surface area contributed by atoms with Crippen molar-refractivity contribution in [2.24, 2.45) is 28.6 Å². The normalized spacial score (nSPS) is 53.4. The number of aliphatic hydroxyl groups excluding tert-OH is 2. The molecule has 1 spiro atoms. The van der Waals surface area contributed by atoms with Crippen LogP contribution in [0.3, 0.4) is 0 Å². The van der Waals surface area contributed by atoms with Gasteiger partial charge in [0.1, 0.15) is 17.8 Å². The van der Waals surface area contributed by atoms with Gasteiger partial charge in [-0.25, -0.2) is 0 Å². The number of carbonyl (C=O) groups is 2. The number of hydrogen-bond donors (Lipinski definition) is 5. The number of esters is 2. The Morgan fingerprint density at radius 3 is 2.12 bits per heavy atom. The van der Waals surface area contributed by atoms with Crippen LogP contribution in [0.15, 0.2) is 0 Å². The van der Waals surface area contributed by atoms with E-state index < -0.39 is 81.7 Å². The largest absolute Gasteiger partial charge is 0.461 e. The molecule has 4 aliphatic carbocycles. The first-order valence-corrected chi connectivity index (χ1v) is 12.4. The number of rotatable bonds is 3. The first-order chi connectivity index (χ1) is 15.5. The quantitative estimate of drug-likeness (QED) is 0.364. The highest BCUT2D eigenvalue weighted by atomic mass is 16.6. The fourth-order valence-corrected chi connectivity index (χ4v) is 8.44. The van der Waals surface area contributed by atoms with Crippen LogP contribution in [-0.2, 0) is 19.1 Å². The summed E-state index contributed by atoms with van der Waals surface area (Å²) in [7, 11) is 0. The first-order valence-electron chi connectivity index (χ1n) is 12.4. The summed E-state index contributed by atoms with van der Waals surface area (Å²) in [5.41, 5.74) is -7.56. The summed E-state index contributed by atoms with van der Waals surface area (Å²) in [6.45, 7) is 9.34. The molecular weight excluding hydrogens is 444 g/mol. The average Bonchev–Trinajstić information content (AvgIpc) is 2.97. The van der Waals surface area contributed by atoms with Crippen LogP contribution < -0.4 is 0 Å². The van der Waals surface area contributed by atoms with E-state index in [0.717, 1.165) is 0 Å². The van der Waals surface area contributed by atoms with Gasteiger partial charge >= 0.3 is 11.9 Å². The smallest absolute Gasteiger partial charge is 0.305 e. The van der Waals surface area contributed by atoms with E-state index in [1.54, 1.807) is 34.6 Å². The van der Waals surface area contributed by atoms with E-state index >= 15 is 0 Å². The zero-order valence-corrected chi connectivity index (χ0v) is 20.9. The molecule has 0 aliphatic heterocycles. The number of carbonyl (C=O) groups excluding carboxylic acids is 2. The van der Waals surface area contributed by atoms with Crippen molar-refractivity contribution in [2.75, 3.05) is 0 Å². The van der Waals surface area contributed by atoms with E-state index in [9.17, 15) is 35.1 Å². The van der Waals surface area contributed by atoms with Gasteiger partial charge in [0.15, 0.2) is 6.10 Å². The third kappa shape index (κ3) is 3.03. The maximum Gasteiger partial charge on any atom is 0.305 e. The molecule has 0 saturated heterocycles. The van der Waals surface area contributed by atoms with Gasteiger partial charge in [0.2, 0.25) is 0 Å². The zero-order chi connectivity index (χ0) is 25.6. The topological polar surface area (TPSA) is 154 Å². The summed E-state index contributed by atoms with van der Waals surface area (Å²) in [6.07, 6.45) is -4.18. The van der Waals surface area contributed by atoms with E-state index in [0.29, 0.717) is 12.8 Å². The minimum absolute atomic E-state index is 0.00342. The van der Waals surface area contributed by atoms with Crippen molar-refractivity contribution in [3.05, 3.63) is 0 Å². The molecule has 4 saturated carbocycles. The minimum Gasteiger partial charge on any atom is -0.461 e. The van der Waals surface area contributed by atoms with Gasteiger partial charge in [0, 0.05) is 36.0 Å². The number of ether oxygens (including phenoxy) is 2. The molecule has 2 bridgehead atoms. The highest BCUT2D eigenvalue weighted by Crippen LogP contribution is 2.70. The lowest BCUT2D eigenvalue weighted by atomic mass is 9.56. The second-order valence-corrected chi connectivity index (χ2v) is 12.2. The molecule has 34 heavy (non-hydrogen) atoms. The maximum absolute atomic E-state index is 12.6. The Kier molecular flexibility index (Phi) is 5.79. The Morgan fingerprint density at radius 1 is 0.941 bits per heavy atom. The molecular formula is C25H40O9. The van der Waals surface area contributed by atoms with Gasteiger partial charge in [-0.15, -0.1) is 0 Å². The van der Waals surface area contributed by atoms with Crippen LogP contribution in [0.2, 0.25) is 0 Å². The van der Waals surface area contributed by atoms with E-state index in [2.05, 4.69) is 0 Å². The average molecular weight is 485 g/mol. The van der Waals surface area contributed by atoms with Crippen molar-refractivity contribution >= 4 is 11.9 Å². The van der Waals surface area contributed by atoms with E-state index in [4.69, 9.17) is 9.47 Å². The molecule has 0 heterocycles. The van der Waals surface area contributed by atoms with Crippen LogP contribution in [0.25, 0.3) is 0 Å². The van der Waals surface area contributed by atoms with E-state index in [1.165, 1.54) is 6.92 Å². The van der Waals surface area contributed by atoms with Crippen LogP contribution in [0.5, 0.6) is 0 Å². The molecule has 0 aromatic heterocycles. The minimum atomic E-state index is -1.99. The predicted molar refractivity (Wildman–Crippen MR) is 119 cm³/mol. The number of hydrogen-bond acceptors (Lipinski definition) is 9. The molecule has 9 heteroatoms. The fraction of sp³-hybridized carbons (Fsp3) is 0.920. The summed E-state index contributed by atoms with van der Waals surface area (Å²) >= 11 is 0. The highest BCUT2D eigenvalue weighted by Gasteiger charge is 2.80. The summed E-state index contributed by atoms with van der Waals surface area (Å²) < 4.78 is 11.5. The number of aliphatic hydroxyl groups is 5. The summed E-state index contributed by atoms with van der Waals surface area (Å²) in [4.78, 5) is 24.7. The second-order valence-electron chi connectivity index (χ2n) is 12.2. The molecule has 0 aromatic carbocycles. The monoisotopic (exact) mass is 484 g/mol. The van der Waals surface area contributed by atoms with Crippen LogP contribution in [0.1, 0.15) is 73.6 Å². The molecule has 11 unspecified atom stereocenters. The molecule has 0 amide bonds. The van der Waals surface area contributed by atoms with Gasteiger partial charge in [0.05, 0.1) is 17.3 Å². The Hall–Kier alpha value is -1.26. The van der Waals surface area contributed by atoms with Crippen molar-refractivity contribution in [1.29, 1.82) is 0 Å². The Morgan fingerprint density at radius 2 is 1.56 bits per heavy atom. The molecule has 4 fully saturated rings. The lowest BCUT2D eigenvalue weighted by molar-refractivity contribution is -0.236. The molecule has 0 aromatic rings. The van der Waals surface area contributed by atoms with Crippen molar-refractivity contribution in [2.45, 2.75) is 115 Å². The molecule has 4 rings (SSSR count). The molecule has 0 radical (unpaired) electrons. The van der Waals surface area contributed by atoms with Crippen molar-refractivity contribution < 1.29 is 44.6 Å². The predicted octanol–water partition coefficient (Wildman–Crippen LogP) is 0.671. The van der Waals surface area contributed by atoms with Gasteiger partial charge in [-0.05, 0) is 45.4 Å².